The molecule has 0 radical (unpaired) electrons. The Balaban J connectivity index is 2.11. The lowest BCUT2D eigenvalue weighted by Gasteiger charge is -2.23. The summed E-state index contributed by atoms with van der Waals surface area (Å²) >= 11 is 0. The van der Waals surface area contributed by atoms with E-state index < -0.39 is 0 Å². The van der Waals surface area contributed by atoms with Crippen molar-refractivity contribution in [3.63, 3.8) is 0 Å². The van der Waals surface area contributed by atoms with Crippen molar-refractivity contribution in [1.29, 1.82) is 0 Å². The van der Waals surface area contributed by atoms with Gasteiger partial charge in [-0.25, -0.2) is 0 Å². The molecule has 0 aliphatic carbocycles. The fourth-order valence-electron chi connectivity index (χ4n) is 3.79. The molecule has 0 fully saturated rings. The second kappa shape index (κ2) is 5.52. The minimum Gasteiger partial charge on any atom is -0.493 e. The number of nitrogens with zero attached hydrogens (tertiary/aromatic N) is 1. The van der Waals surface area contributed by atoms with Crippen LogP contribution >= 0.6 is 0 Å². The van der Waals surface area contributed by atoms with E-state index in [1.807, 2.05) is 38.2 Å². The van der Waals surface area contributed by atoms with Crippen LogP contribution in [0.2, 0.25) is 0 Å². The number of benzene rings is 2. The standard InChI is InChI=1S/C21H21NO2/c1-13-10-11-17(20-15(13)8-6-12-24-20)19-14(2)16-7-4-5-9-18(16)22(3)21(19)23/h4-5,7,9-11H,6,8,12H2,1-3H3. The topological polar surface area (TPSA) is 31.2 Å². The Morgan fingerprint density at radius 2 is 1.88 bits per heavy atom. The average Bonchev–Trinajstić information content (AvgIpc) is 2.62. The van der Waals surface area contributed by atoms with E-state index in [0.29, 0.717) is 0 Å². The van der Waals surface area contributed by atoms with Gasteiger partial charge < -0.3 is 9.30 Å². The van der Waals surface area contributed by atoms with Gasteiger partial charge in [0.05, 0.1) is 17.7 Å². The van der Waals surface area contributed by atoms with E-state index in [4.69, 9.17) is 4.74 Å². The van der Waals surface area contributed by atoms with Gasteiger partial charge in [0.2, 0.25) is 0 Å². The first kappa shape index (κ1) is 15.0. The molecular weight excluding hydrogens is 298 g/mol. The Labute approximate surface area is 141 Å². The zero-order chi connectivity index (χ0) is 16.8. The van der Waals surface area contributed by atoms with Crippen molar-refractivity contribution >= 4 is 10.9 Å². The van der Waals surface area contributed by atoms with E-state index in [9.17, 15) is 4.79 Å². The third-order valence-electron chi connectivity index (χ3n) is 5.14. The van der Waals surface area contributed by atoms with Crippen LogP contribution in [0.15, 0.2) is 41.2 Å². The zero-order valence-corrected chi connectivity index (χ0v) is 14.3. The fraction of sp³-hybridized carbons (Fsp3) is 0.286. The molecule has 1 aliphatic rings. The van der Waals surface area contributed by atoms with Crippen molar-refractivity contribution in [1.82, 2.24) is 4.57 Å². The van der Waals surface area contributed by atoms with Crippen molar-refractivity contribution < 1.29 is 4.74 Å². The minimum absolute atomic E-state index is 0.0337. The summed E-state index contributed by atoms with van der Waals surface area (Å²) in [5.41, 5.74) is 6.19. The van der Waals surface area contributed by atoms with Crippen molar-refractivity contribution in [2.45, 2.75) is 26.7 Å². The van der Waals surface area contributed by atoms with Crippen LogP contribution < -0.4 is 10.3 Å². The zero-order valence-electron chi connectivity index (χ0n) is 14.3. The van der Waals surface area contributed by atoms with Gasteiger partial charge in [-0.3, -0.25) is 4.79 Å². The lowest BCUT2D eigenvalue weighted by atomic mass is 9.91. The minimum atomic E-state index is 0.0337. The summed E-state index contributed by atoms with van der Waals surface area (Å²) in [6.07, 6.45) is 2.05. The first-order valence-corrected chi connectivity index (χ1v) is 8.43. The second-order valence-electron chi connectivity index (χ2n) is 6.57. The monoisotopic (exact) mass is 319 g/mol. The molecule has 3 heteroatoms. The van der Waals surface area contributed by atoms with Crippen LogP contribution in [0.25, 0.3) is 22.0 Å². The molecule has 0 saturated carbocycles. The molecule has 2 aromatic carbocycles. The number of hydrogen-bond acceptors (Lipinski definition) is 2. The van der Waals surface area contributed by atoms with E-state index in [-0.39, 0.29) is 5.56 Å². The van der Waals surface area contributed by atoms with Gasteiger partial charge in [0.15, 0.2) is 0 Å². The molecule has 0 saturated heterocycles. The van der Waals surface area contributed by atoms with E-state index in [0.717, 1.165) is 52.8 Å². The third-order valence-corrected chi connectivity index (χ3v) is 5.14. The number of aryl methyl sites for hydroxylation is 3. The maximum absolute atomic E-state index is 13.1. The highest BCUT2D eigenvalue weighted by Gasteiger charge is 2.22. The van der Waals surface area contributed by atoms with E-state index >= 15 is 0 Å². The summed E-state index contributed by atoms with van der Waals surface area (Å²) in [6.45, 7) is 4.87. The van der Waals surface area contributed by atoms with E-state index in [2.05, 4.69) is 19.1 Å². The largest absolute Gasteiger partial charge is 0.493 e. The number of pyridine rings is 1. The lowest BCUT2D eigenvalue weighted by Crippen LogP contribution is -2.21. The van der Waals surface area contributed by atoms with Crippen LogP contribution in [0, 0.1) is 13.8 Å². The molecule has 122 valence electrons. The quantitative estimate of drug-likeness (QED) is 0.675. The molecular formula is C21H21NO2. The van der Waals surface area contributed by atoms with Gasteiger partial charge >= 0.3 is 0 Å². The second-order valence-corrected chi connectivity index (χ2v) is 6.57. The van der Waals surface area contributed by atoms with E-state index in [1.54, 1.807) is 4.57 Å². The summed E-state index contributed by atoms with van der Waals surface area (Å²) in [5, 5.41) is 1.11. The van der Waals surface area contributed by atoms with Gasteiger partial charge in [0.25, 0.3) is 5.56 Å². The highest BCUT2D eigenvalue weighted by Crippen LogP contribution is 2.39. The van der Waals surface area contributed by atoms with Crippen LogP contribution in [0.1, 0.15) is 23.1 Å². The fourth-order valence-corrected chi connectivity index (χ4v) is 3.79. The molecule has 4 rings (SSSR count). The third kappa shape index (κ3) is 2.08. The number of fused-ring (bicyclic) bond motifs is 2. The molecule has 3 aromatic rings. The molecule has 2 heterocycles. The molecule has 0 spiro atoms. The van der Waals surface area contributed by atoms with Crippen LogP contribution in [0.5, 0.6) is 5.75 Å². The Morgan fingerprint density at radius 3 is 2.71 bits per heavy atom. The van der Waals surface area contributed by atoms with Crippen molar-refractivity contribution in [3.8, 4) is 16.9 Å². The van der Waals surface area contributed by atoms with Gasteiger partial charge in [-0.2, -0.15) is 0 Å². The lowest BCUT2D eigenvalue weighted by molar-refractivity contribution is 0.289. The van der Waals surface area contributed by atoms with Gasteiger partial charge in [-0.1, -0.05) is 30.3 Å². The highest BCUT2D eigenvalue weighted by molar-refractivity contribution is 5.90. The number of ether oxygens (including phenoxy) is 1. The Bertz CT molecular complexity index is 1010. The normalized spacial score (nSPS) is 13.6. The summed E-state index contributed by atoms with van der Waals surface area (Å²) < 4.78 is 7.75. The molecule has 0 unspecified atom stereocenters. The summed E-state index contributed by atoms with van der Waals surface area (Å²) in [7, 11) is 1.84. The predicted octanol–water partition coefficient (Wildman–Crippen LogP) is 4.15. The molecule has 3 nitrogen and oxygen atoms in total. The summed E-state index contributed by atoms with van der Waals surface area (Å²) in [4.78, 5) is 13.1. The molecule has 0 amide bonds. The van der Waals surface area contributed by atoms with Crippen LogP contribution in [0.4, 0.5) is 0 Å². The molecule has 1 aromatic heterocycles. The Kier molecular flexibility index (Phi) is 3.45. The Hall–Kier alpha value is -2.55. The number of hydrogen-bond donors (Lipinski definition) is 0. The average molecular weight is 319 g/mol. The maximum atomic E-state index is 13.1. The smallest absolute Gasteiger partial charge is 0.259 e. The van der Waals surface area contributed by atoms with Gasteiger partial charge in [0.1, 0.15) is 5.75 Å². The molecule has 0 atom stereocenters. The van der Waals surface area contributed by atoms with Crippen molar-refractivity contribution in [2.75, 3.05) is 6.61 Å². The Morgan fingerprint density at radius 1 is 1.08 bits per heavy atom. The number of aromatic nitrogens is 1. The maximum Gasteiger partial charge on any atom is 0.259 e. The number of para-hydroxylation sites is 1. The SMILES string of the molecule is Cc1ccc(-c2c(C)c3ccccc3n(C)c2=O)c2c1CCCO2. The van der Waals surface area contributed by atoms with Crippen molar-refractivity contribution in [2.24, 2.45) is 7.05 Å². The highest BCUT2D eigenvalue weighted by atomic mass is 16.5. The van der Waals surface area contributed by atoms with Crippen LogP contribution in [0.3, 0.4) is 0 Å². The predicted molar refractivity (Wildman–Crippen MR) is 97.9 cm³/mol. The van der Waals surface area contributed by atoms with Gasteiger partial charge in [-0.15, -0.1) is 0 Å². The van der Waals surface area contributed by atoms with Gasteiger partial charge in [0, 0.05) is 18.0 Å². The molecule has 0 N–H and O–H groups in total. The first-order valence-electron chi connectivity index (χ1n) is 8.43. The molecule has 1 aliphatic heterocycles. The van der Waals surface area contributed by atoms with E-state index in [1.165, 1.54) is 11.1 Å². The molecule has 0 bridgehead atoms. The summed E-state index contributed by atoms with van der Waals surface area (Å²) in [5.74, 6) is 0.900. The van der Waals surface area contributed by atoms with Gasteiger partial charge in [-0.05, 0) is 49.4 Å². The van der Waals surface area contributed by atoms with Crippen LogP contribution in [-0.4, -0.2) is 11.2 Å². The van der Waals surface area contributed by atoms with Crippen molar-refractivity contribution in [3.05, 3.63) is 63.4 Å². The number of rotatable bonds is 1. The first-order chi connectivity index (χ1) is 11.6. The summed E-state index contributed by atoms with van der Waals surface area (Å²) in [6, 6.07) is 12.2. The molecule has 24 heavy (non-hydrogen) atoms. The van der Waals surface area contributed by atoms with Crippen LogP contribution in [-0.2, 0) is 13.5 Å².